The van der Waals surface area contributed by atoms with E-state index in [1.54, 1.807) is 24.3 Å². The van der Waals surface area contributed by atoms with Crippen molar-refractivity contribution in [3.05, 3.63) is 29.8 Å². The van der Waals surface area contributed by atoms with Crippen LogP contribution >= 0.6 is 12.4 Å². The molecule has 1 aromatic rings. The van der Waals surface area contributed by atoms with Gasteiger partial charge in [-0.15, -0.1) is 12.4 Å². The number of amides is 1. The van der Waals surface area contributed by atoms with Crippen LogP contribution in [0.15, 0.2) is 24.3 Å². The lowest BCUT2D eigenvalue weighted by atomic mass is 9.93. The number of piperidine rings is 1. The number of hydrogen-bond acceptors (Lipinski definition) is 4. The summed E-state index contributed by atoms with van der Waals surface area (Å²) < 4.78 is 4.67. The van der Waals surface area contributed by atoms with E-state index in [4.69, 9.17) is 0 Å². The third kappa shape index (κ3) is 5.66. The van der Waals surface area contributed by atoms with Crippen LogP contribution in [-0.4, -0.2) is 32.1 Å². The first kappa shape index (κ1) is 18.5. The number of carbonyl (C=O) groups excluding carboxylic acids is 2. The van der Waals surface area contributed by atoms with Gasteiger partial charge in [0, 0.05) is 12.1 Å². The van der Waals surface area contributed by atoms with E-state index < -0.39 is 5.97 Å². The lowest BCUT2D eigenvalue weighted by Gasteiger charge is -2.22. The molecular formula is C16H23ClN2O3. The molecule has 2 rings (SSSR count). The molecular weight excluding hydrogens is 304 g/mol. The lowest BCUT2D eigenvalue weighted by molar-refractivity contribution is -0.116. The Bertz CT molecular complexity index is 502. The van der Waals surface area contributed by atoms with Crippen LogP contribution in [0.3, 0.4) is 0 Å². The number of esters is 1. The van der Waals surface area contributed by atoms with Crippen LogP contribution in [0.1, 0.15) is 36.0 Å². The quantitative estimate of drug-likeness (QED) is 0.816. The van der Waals surface area contributed by atoms with Crippen molar-refractivity contribution in [1.29, 1.82) is 0 Å². The average Bonchev–Trinajstić information content (AvgIpc) is 2.53. The van der Waals surface area contributed by atoms with Gasteiger partial charge in [0.1, 0.15) is 0 Å². The van der Waals surface area contributed by atoms with E-state index in [9.17, 15) is 9.59 Å². The van der Waals surface area contributed by atoms with Gasteiger partial charge in [-0.2, -0.15) is 0 Å². The number of carbonyl (C=O) groups is 2. The second-order valence-corrected chi connectivity index (χ2v) is 5.35. The number of ether oxygens (including phenoxy) is 1. The van der Waals surface area contributed by atoms with Crippen LogP contribution in [0, 0.1) is 5.92 Å². The second kappa shape index (κ2) is 9.43. The Hall–Kier alpha value is -1.59. The zero-order chi connectivity index (χ0) is 15.1. The molecule has 1 aliphatic rings. The van der Waals surface area contributed by atoms with Crippen molar-refractivity contribution in [3.63, 3.8) is 0 Å². The van der Waals surface area contributed by atoms with E-state index in [1.165, 1.54) is 7.11 Å². The molecule has 0 atom stereocenters. The highest BCUT2D eigenvalue weighted by Gasteiger charge is 2.14. The Morgan fingerprint density at radius 2 is 2.05 bits per heavy atom. The standard InChI is InChI=1S/C16H22N2O3.ClH/c1-21-16(20)13-3-2-4-14(11-13)18-15(19)6-5-12-7-9-17-10-8-12;/h2-4,11-12,17H,5-10H2,1H3,(H,18,19);1H. The van der Waals surface area contributed by atoms with Crippen LogP contribution in [0.2, 0.25) is 0 Å². The third-order valence-electron chi connectivity index (χ3n) is 3.81. The van der Waals surface area contributed by atoms with Gasteiger partial charge in [-0.3, -0.25) is 4.79 Å². The molecule has 22 heavy (non-hydrogen) atoms. The highest BCUT2D eigenvalue weighted by Crippen LogP contribution is 2.18. The normalized spacial score (nSPS) is 14.8. The summed E-state index contributed by atoms with van der Waals surface area (Å²) >= 11 is 0. The van der Waals surface area contributed by atoms with Crippen molar-refractivity contribution >= 4 is 30.0 Å². The minimum absolute atomic E-state index is 0. The van der Waals surface area contributed by atoms with Crippen LogP contribution in [0.4, 0.5) is 5.69 Å². The van der Waals surface area contributed by atoms with Gasteiger partial charge in [0.15, 0.2) is 0 Å². The second-order valence-electron chi connectivity index (χ2n) is 5.35. The van der Waals surface area contributed by atoms with E-state index in [1.807, 2.05) is 0 Å². The molecule has 0 aliphatic carbocycles. The maximum atomic E-state index is 12.0. The number of anilines is 1. The van der Waals surface area contributed by atoms with Crippen molar-refractivity contribution in [3.8, 4) is 0 Å². The molecule has 0 spiro atoms. The fraction of sp³-hybridized carbons (Fsp3) is 0.500. The molecule has 0 saturated carbocycles. The molecule has 0 bridgehead atoms. The fourth-order valence-electron chi connectivity index (χ4n) is 2.57. The highest BCUT2D eigenvalue weighted by atomic mass is 35.5. The van der Waals surface area contributed by atoms with E-state index in [0.29, 0.717) is 23.6 Å². The maximum absolute atomic E-state index is 12.0. The van der Waals surface area contributed by atoms with Crippen molar-refractivity contribution in [1.82, 2.24) is 5.32 Å². The molecule has 0 aromatic heterocycles. The summed E-state index contributed by atoms with van der Waals surface area (Å²) in [7, 11) is 1.34. The average molecular weight is 327 g/mol. The Morgan fingerprint density at radius 1 is 1.32 bits per heavy atom. The van der Waals surface area contributed by atoms with Gasteiger partial charge in [0.05, 0.1) is 12.7 Å². The van der Waals surface area contributed by atoms with E-state index in [0.717, 1.165) is 32.4 Å². The minimum Gasteiger partial charge on any atom is -0.465 e. The van der Waals surface area contributed by atoms with Crippen molar-refractivity contribution in [2.75, 3.05) is 25.5 Å². The molecule has 2 N–H and O–H groups in total. The smallest absolute Gasteiger partial charge is 0.337 e. The zero-order valence-electron chi connectivity index (χ0n) is 12.8. The number of benzene rings is 1. The summed E-state index contributed by atoms with van der Waals surface area (Å²) in [5.41, 5.74) is 1.07. The van der Waals surface area contributed by atoms with Crippen LogP contribution in [0.25, 0.3) is 0 Å². The predicted molar refractivity (Wildman–Crippen MR) is 88.5 cm³/mol. The fourth-order valence-corrected chi connectivity index (χ4v) is 2.57. The van der Waals surface area contributed by atoms with E-state index in [-0.39, 0.29) is 18.3 Å². The number of hydrogen-bond donors (Lipinski definition) is 2. The molecule has 1 fully saturated rings. The first-order chi connectivity index (χ1) is 10.2. The summed E-state index contributed by atoms with van der Waals surface area (Å²) in [5, 5.41) is 6.16. The molecule has 1 amide bonds. The molecule has 5 nitrogen and oxygen atoms in total. The number of rotatable bonds is 5. The van der Waals surface area contributed by atoms with Crippen molar-refractivity contribution in [2.45, 2.75) is 25.7 Å². The highest BCUT2D eigenvalue weighted by molar-refractivity contribution is 5.94. The van der Waals surface area contributed by atoms with Gasteiger partial charge >= 0.3 is 5.97 Å². The SMILES string of the molecule is COC(=O)c1cccc(NC(=O)CCC2CCNCC2)c1.Cl. The van der Waals surface area contributed by atoms with Crippen LogP contribution < -0.4 is 10.6 Å². The number of halogens is 1. The van der Waals surface area contributed by atoms with Crippen molar-refractivity contribution in [2.24, 2.45) is 5.92 Å². The van der Waals surface area contributed by atoms with Crippen LogP contribution in [0.5, 0.6) is 0 Å². The molecule has 1 aromatic carbocycles. The monoisotopic (exact) mass is 326 g/mol. The summed E-state index contributed by atoms with van der Waals surface area (Å²) in [5.74, 6) is 0.231. The number of nitrogens with one attached hydrogen (secondary N) is 2. The van der Waals surface area contributed by atoms with Gasteiger partial charge in [-0.25, -0.2) is 4.79 Å². The first-order valence-electron chi connectivity index (χ1n) is 7.38. The summed E-state index contributed by atoms with van der Waals surface area (Å²) in [6.07, 6.45) is 3.73. The van der Waals surface area contributed by atoms with Crippen molar-refractivity contribution < 1.29 is 14.3 Å². The van der Waals surface area contributed by atoms with Crippen LogP contribution in [-0.2, 0) is 9.53 Å². The van der Waals surface area contributed by atoms with Gasteiger partial charge in [0.2, 0.25) is 5.91 Å². The summed E-state index contributed by atoms with van der Waals surface area (Å²) in [6.45, 7) is 2.10. The molecule has 122 valence electrons. The molecule has 0 unspecified atom stereocenters. The Kier molecular flexibility index (Phi) is 7.91. The Labute approximate surface area is 137 Å². The predicted octanol–water partition coefficient (Wildman–Crippen LogP) is 2.61. The summed E-state index contributed by atoms with van der Waals surface area (Å²) in [4.78, 5) is 23.4. The van der Waals surface area contributed by atoms with Gasteiger partial charge < -0.3 is 15.4 Å². The third-order valence-corrected chi connectivity index (χ3v) is 3.81. The first-order valence-corrected chi connectivity index (χ1v) is 7.38. The maximum Gasteiger partial charge on any atom is 0.337 e. The summed E-state index contributed by atoms with van der Waals surface area (Å²) in [6, 6.07) is 6.80. The topological polar surface area (TPSA) is 67.4 Å². The van der Waals surface area contributed by atoms with E-state index >= 15 is 0 Å². The lowest BCUT2D eigenvalue weighted by Crippen LogP contribution is -2.28. The molecule has 1 aliphatic heterocycles. The Morgan fingerprint density at radius 3 is 2.73 bits per heavy atom. The number of methoxy groups -OCH3 is 1. The molecule has 0 radical (unpaired) electrons. The minimum atomic E-state index is -0.402. The van der Waals surface area contributed by atoms with E-state index in [2.05, 4.69) is 15.4 Å². The molecule has 1 heterocycles. The Balaban J connectivity index is 0.00000242. The zero-order valence-corrected chi connectivity index (χ0v) is 13.6. The van der Waals surface area contributed by atoms with Gasteiger partial charge in [-0.1, -0.05) is 6.07 Å². The van der Waals surface area contributed by atoms with Gasteiger partial charge in [0.25, 0.3) is 0 Å². The largest absolute Gasteiger partial charge is 0.465 e. The van der Waals surface area contributed by atoms with Gasteiger partial charge in [-0.05, 0) is 56.5 Å². The molecule has 1 saturated heterocycles. The molecule has 6 heteroatoms.